The van der Waals surface area contributed by atoms with Crippen molar-refractivity contribution in [2.45, 2.75) is 7.77 Å². The third kappa shape index (κ3) is 3.10. The number of halogens is 3. The van der Waals surface area contributed by atoms with Crippen LogP contribution in [0.1, 0.15) is 11.7 Å². The Bertz CT molecular complexity index is 472. The van der Waals surface area contributed by atoms with Gasteiger partial charge < -0.3 is 5.11 Å². The van der Waals surface area contributed by atoms with Gasteiger partial charge in [-0.05, 0) is 40.3 Å². The Morgan fingerprint density at radius 2 is 1.88 bits per heavy atom. The summed E-state index contributed by atoms with van der Waals surface area (Å²) in [5.41, 5.74) is 0.487. The first-order valence-electron chi connectivity index (χ1n) is 4.17. The first-order valence-corrected chi connectivity index (χ1v) is 8.31. The molecule has 0 saturated heterocycles. The minimum atomic E-state index is -3.44. The molecule has 0 fully saturated rings. The van der Waals surface area contributed by atoms with Crippen LogP contribution in [0.3, 0.4) is 0 Å². The van der Waals surface area contributed by atoms with Crippen LogP contribution in [0.5, 0.6) is 0 Å². The highest BCUT2D eigenvalue weighted by Crippen LogP contribution is 2.44. The summed E-state index contributed by atoms with van der Waals surface area (Å²) in [6.07, 6.45) is -0.104. The lowest BCUT2D eigenvalue weighted by molar-refractivity contribution is 0.191. The van der Waals surface area contributed by atoms with Gasteiger partial charge in [-0.15, -0.1) is 0 Å². The Balaban J connectivity index is 3.12. The van der Waals surface area contributed by atoms with Crippen LogP contribution in [0.4, 0.5) is 0 Å². The van der Waals surface area contributed by atoms with Gasteiger partial charge in [0.1, 0.15) is 6.10 Å². The molecule has 0 aromatic heterocycles. The number of alkyl halides is 2. The predicted octanol–water partition coefficient (Wildman–Crippen LogP) is 2.90. The summed E-state index contributed by atoms with van der Waals surface area (Å²) >= 11 is 10.4. The van der Waals surface area contributed by atoms with Gasteiger partial charge in [-0.2, -0.15) is 0 Å². The van der Waals surface area contributed by atoms with Crippen molar-refractivity contribution in [3.8, 4) is 0 Å². The lowest BCUT2D eigenvalue weighted by Crippen LogP contribution is -2.31. The van der Waals surface area contributed by atoms with Gasteiger partial charge in [-0.25, -0.2) is 8.42 Å². The van der Waals surface area contributed by atoms with Crippen molar-refractivity contribution in [1.29, 1.82) is 0 Å². The summed E-state index contributed by atoms with van der Waals surface area (Å²) in [7, 11) is -3.44. The molecule has 2 atom stereocenters. The molecule has 0 saturated carbocycles. The molecule has 1 aromatic rings. The summed E-state index contributed by atoms with van der Waals surface area (Å²) in [5, 5.41) is 10.5. The number of aliphatic hydroxyl groups excluding tert-OH is 1. The molecule has 16 heavy (non-hydrogen) atoms. The Morgan fingerprint density at radius 3 is 2.25 bits per heavy atom. The average Bonchev–Trinajstić information content (AvgIpc) is 2.16. The fourth-order valence-corrected chi connectivity index (χ4v) is 2.33. The molecule has 7 heteroatoms. The summed E-state index contributed by atoms with van der Waals surface area (Å²) in [5.74, 6) is 0. The van der Waals surface area contributed by atoms with Crippen LogP contribution in [0.25, 0.3) is 0 Å². The van der Waals surface area contributed by atoms with Crippen molar-refractivity contribution in [3.63, 3.8) is 0 Å². The van der Waals surface area contributed by atoms with Gasteiger partial charge in [0, 0.05) is 11.3 Å². The van der Waals surface area contributed by atoms with Crippen LogP contribution in [-0.4, -0.2) is 21.4 Å². The van der Waals surface area contributed by atoms with Crippen molar-refractivity contribution < 1.29 is 13.5 Å². The maximum atomic E-state index is 11.5. The second kappa shape index (κ2) is 5.09. The highest BCUT2D eigenvalue weighted by Gasteiger charge is 2.43. The molecule has 3 nitrogen and oxygen atoms in total. The van der Waals surface area contributed by atoms with Gasteiger partial charge in [-0.3, -0.25) is 0 Å². The summed E-state index contributed by atoms with van der Waals surface area (Å²) < 4.78 is 21.5. The van der Waals surface area contributed by atoms with Gasteiger partial charge in [-0.1, -0.05) is 39.7 Å². The van der Waals surface area contributed by atoms with Crippen LogP contribution in [0.15, 0.2) is 24.3 Å². The number of hydrogen-bond acceptors (Lipinski definition) is 3. The van der Waals surface area contributed by atoms with Gasteiger partial charge in [0.2, 0.25) is 1.66 Å². The molecule has 0 aliphatic rings. The number of hydrogen-bond donors (Lipinski definition) is 1. The smallest absolute Gasteiger partial charge is 0.206 e. The maximum absolute atomic E-state index is 11.5. The van der Waals surface area contributed by atoms with E-state index in [0.29, 0.717) is 10.6 Å². The quantitative estimate of drug-likeness (QED) is 0.582. The molecule has 0 amide bonds. The van der Waals surface area contributed by atoms with Crippen molar-refractivity contribution in [1.82, 2.24) is 0 Å². The van der Waals surface area contributed by atoms with Crippen molar-refractivity contribution in [2.24, 2.45) is 0 Å². The summed E-state index contributed by atoms with van der Waals surface area (Å²) in [6, 6.07) is 6.38. The minimum absolute atomic E-state index is 0.487. The standard InChI is InChI=1S/C9H9BrClIO3S/c1-16(14,15)9(10,12)8(13)6-2-4-7(11)5-3-6/h2-5,8,13H,1H3/t8-,9+/m1/s1. The highest BCUT2D eigenvalue weighted by molar-refractivity contribution is 14.1. The van der Waals surface area contributed by atoms with E-state index < -0.39 is 17.6 Å². The van der Waals surface area contributed by atoms with Crippen LogP contribution in [-0.2, 0) is 9.84 Å². The Hall–Kier alpha value is 0.630. The first kappa shape index (κ1) is 14.7. The molecule has 0 radical (unpaired) electrons. The van der Waals surface area contributed by atoms with E-state index in [1.54, 1.807) is 46.9 Å². The maximum Gasteiger partial charge on any atom is 0.206 e. The molecule has 1 rings (SSSR count). The van der Waals surface area contributed by atoms with Crippen LogP contribution in [0, 0.1) is 0 Å². The predicted molar refractivity (Wildman–Crippen MR) is 76.9 cm³/mol. The highest BCUT2D eigenvalue weighted by atomic mass is 127. The van der Waals surface area contributed by atoms with E-state index in [1.807, 2.05) is 0 Å². The normalized spacial score (nSPS) is 17.8. The molecule has 0 aliphatic heterocycles. The Kier molecular flexibility index (Phi) is 4.68. The first-order chi connectivity index (χ1) is 7.16. The van der Waals surface area contributed by atoms with E-state index >= 15 is 0 Å². The van der Waals surface area contributed by atoms with E-state index in [0.717, 1.165) is 6.26 Å². The zero-order valence-electron chi connectivity index (χ0n) is 8.19. The van der Waals surface area contributed by atoms with Crippen molar-refractivity contribution >= 4 is 60.0 Å². The molecule has 0 spiro atoms. The topological polar surface area (TPSA) is 54.4 Å². The van der Waals surface area contributed by atoms with Crippen molar-refractivity contribution in [2.75, 3.05) is 6.26 Å². The SMILES string of the molecule is CS(=O)(=O)[C@@](Br)(I)[C@H](O)c1ccc(Cl)cc1. The van der Waals surface area contributed by atoms with E-state index in [2.05, 4.69) is 15.9 Å². The van der Waals surface area contributed by atoms with Gasteiger partial charge in [0.05, 0.1) is 0 Å². The third-order valence-electron chi connectivity index (χ3n) is 2.00. The van der Waals surface area contributed by atoms with E-state index in [1.165, 1.54) is 0 Å². The fraction of sp³-hybridized carbons (Fsp3) is 0.333. The number of rotatable bonds is 3. The monoisotopic (exact) mass is 438 g/mol. The summed E-state index contributed by atoms with van der Waals surface area (Å²) in [6.45, 7) is 0. The Labute approximate surface area is 121 Å². The second-order valence-corrected chi connectivity index (χ2v) is 11.6. The number of aliphatic hydroxyl groups is 1. The van der Waals surface area contributed by atoms with Crippen LogP contribution < -0.4 is 0 Å². The molecular weight excluding hydrogens is 430 g/mol. The molecule has 0 aliphatic carbocycles. The molecule has 0 unspecified atom stereocenters. The lowest BCUT2D eigenvalue weighted by atomic mass is 10.1. The van der Waals surface area contributed by atoms with Crippen LogP contribution in [0.2, 0.25) is 5.02 Å². The molecule has 1 N–H and O–H groups in total. The lowest BCUT2D eigenvalue weighted by Gasteiger charge is -2.25. The number of sulfone groups is 1. The fourth-order valence-electron chi connectivity index (χ4n) is 1.04. The minimum Gasteiger partial charge on any atom is -0.385 e. The van der Waals surface area contributed by atoms with Gasteiger partial charge >= 0.3 is 0 Å². The van der Waals surface area contributed by atoms with Crippen molar-refractivity contribution in [3.05, 3.63) is 34.9 Å². The van der Waals surface area contributed by atoms with E-state index in [4.69, 9.17) is 11.6 Å². The zero-order valence-corrected chi connectivity index (χ0v) is 13.5. The van der Waals surface area contributed by atoms with E-state index in [9.17, 15) is 13.5 Å². The third-order valence-corrected chi connectivity index (χ3v) is 8.65. The second-order valence-electron chi connectivity index (χ2n) is 3.29. The molecule has 0 bridgehead atoms. The molecule has 90 valence electrons. The van der Waals surface area contributed by atoms with Gasteiger partial charge in [0.15, 0.2) is 9.84 Å². The number of benzene rings is 1. The van der Waals surface area contributed by atoms with Gasteiger partial charge in [0.25, 0.3) is 0 Å². The molecule has 1 aromatic carbocycles. The van der Waals surface area contributed by atoms with Crippen LogP contribution >= 0.6 is 50.1 Å². The molecular formula is C9H9BrClIO3S. The molecule has 0 heterocycles. The Morgan fingerprint density at radius 1 is 1.44 bits per heavy atom. The van der Waals surface area contributed by atoms with E-state index in [-0.39, 0.29) is 0 Å². The largest absolute Gasteiger partial charge is 0.385 e. The zero-order chi connectivity index (χ0) is 12.6. The average molecular weight is 439 g/mol. The summed E-state index contributed by atoms with van der Waals surface area (Å²) in [4.78, 5) is 0.